The molecule has 0 rings (SSSR count). The van der Waals surface area contributed by atoms with E-state index in [1.807, 2.05) is 13.8 Å². The minimum absolute atomic E-state index is 0.606. The van der Waals surface area contributed by atoms with Gasteiger partial charge in [0.2, 0.25) is 5.91 Å². The summed E-state index contributed by atoms with van der Waals surface area (Å²) in [5, 5.41) is 0. The lowest BCUT2D eigenvalue weighted by atomic mass is 10.0. The highest BCUT2D eigenvalue weighted by molar-refractivity contribution is 4.61. The molecule has 25 heavy (non-hydrogen) atoms. The van der Waals surface area contributed by atoms with Gasteiger partial charge in [-0.3, -0.25) is 5.73 Å². The molecule has 0 radical (unpaired) electrons. The molecule has 0 saturated carbocycles. The summed E-state index contributed by atoms with van der Waals surface area (Å²) in [6.07, 6.45) is 21.5. The fraction of sp³-hybridized carbons (Fsp3) is 1.00. The van der Waals surface area contributed by atoms with Crippen LogP contribution in [0.2, 0.25) is 0 Å². The maximum Gasteiger partial charge on any atom is 0.224 e. The zero-order valence-electron chi connectivity index (χ0n) is 17.6. The molecule has 0 atom stereocenters. The Labute approximate surface area is 158 Å². The van der Waals surface area contributed by atoms with Crippen molar-refractivity contribution < 1.29 is 9.47 Å². The van der Waals surface area contributed by atoms with Gasteiger partial charge in [-0.2, -0.15) is 0 Å². The number of rotatable bonds is 20. The molecule has 3 nitrogen and oxygen atoms in total. The van der Waals surface area contributed by atoms with Crippen LogP contribution in [0.3, 0.4) is 0 Å². The normalized spacial score (nSPS) is 12.0. The van der Waals surface area contributed by atoms with Crippen LogP contribution in [0.25, 0.3) is 0 Å². The molecule has 0 spiro atoms. The molecule has 0 unspecified atom stereocenters. The van der Waals surface area contributed by atoms with Gasteiger partial charge in [0, 0.05) is 19.6 Å². The highest BCUT2D eigenvalue weighted by Crippen LogP contribution is 2.18. The van der Waals surface area contributed by atoms with Crippen molar-refractivity contribution in [1.82, 2.24) is 0 Å². The van der Waals surface area contributed by atoms with Gasteiger partial charge in [0.05, 0.1) is 0 Å². The molecular weight excluding hydrogens is 310 g/mol. The fourth-order valence-corrected chi connectivity index (χ4v) is 3.42. The van der Waals surface area contributed by atoms with Crippen molar-refractivity contribution in [3.8, 4) is 0 Å². The lowest BCUT2D eigenvalue weighted by Crippen LogP contribution is -2.45. The monoisotopic (exact) mass is 357 g/mol. The van der Waals surface area contributed by atoms with E-state index in [2.05, 4.69) is 6.92 Å². The molecular formula is C22H47NO2. The molecule has 152 valence electrons. The lowest BCUT2D eigenvalue weighted by molar-refractivity contribution is -0.233. The van der Waals surface area contributed by atoms with E-state index in [0.717, 1.165) is 12.8 Å². The number of ether oxygens (including phenoxy) is 2. The number of nitrogens with two attached hydrogens (primary N) is 1. The zero-order valence-corrected chi connectivity index (χ0v) is 17.6. The van der Waals surface area contributed by atoms with Gasteiger partial charge in [-0.05, 0) is 20.3 Å². The first-order chi connectivity index (χ1) is 12.2. The minimum atomic E-state index is -0.861. The largest absolute Gasteiger partial charge is 0.338 e. The third-order valence-corrected chi connectivity index (χ3v) is 4.91. The molecule has 3 heteroatoms. The van der Waals surface area contributed by atoms with Gasteiger partial charge in [0.25, 0.3) is 0 Å². The summed E-state index contributed by atoms with van der Waals surface area (Å²) in [5.74, 6) is -0.861. The van der Waals surface area contributed by atoms with Gasteiger partial charge in [-0.15, -0.1) is 0 Å². The van der Waals surface area contributed by atoms with Crippen LogP contribution >= 0.6 is 0 Å². The maximum absolute atomic E-state index is 6.13. The Balaban J connectivity index is 3.28. The molecule has 0 aromatic heterocycles. The van der Waals surface area contributed by atoms with E-state index in [-0.39, 0.29) is 0 Å². The second-order valence-corrected chi connectivity index (χ2v) is 7.38. The summed E-state index contributed by atoms with van der Waals surface area (Å²) in [6, 6.07) is 0. The predicted octanol–water partition coefficient (Wildman–Crippen LogP) is 6.93. The zero-order chi connectivity index (χ0) is 18.6. The standard InChI is InChI=1S/C22H47NO2/c1-4-7-8-9-10-11-12-13-14-15-16-17-18-19-20-21-22(23,24-5-2)25-6-3/h4-21,23H2,1-3H3. The SMILES string of the molecule is CCCCCCCCCCCCCCCCCC(N)(OCC)OCC. The van der Waals surface area contributed by atoms with Crippen molar-refractivity contribution in [2.24, 2.45) is 5.73 Å². The van der Waals surface area contributed by atoms with Crippen molar-refractivity contribution in [2.75, 3.05) is 13.2 Å². The van der Waals surface area contributed by atoms with E-state index in [1.54, 1.807) is 0 Å². The van der Waals surface area contributed by atoms with E-state index < -0.39 is 5.91 Å². The Kier molecular flexibility index (Phi) is 18.6. The van der Waals surface area contributed by atoms with Crippen LogP contribution in [0.4, 0.5) is 0 Å². The second-order valence-electron chi connectivity index (χ2n) is 7.38. The summed E-state index contributed by atoms with van der Waals surface area (Å²) >= 11 is 0. The third kappa shape index (κ3) is 17.1. The van der Waals surface area contributed by atoms with Crippen LogP contribution < -0.4 is 5.73 Å². The van der Waals surface area contributed by atoms with Crippen molar-refractivity contribution >= 4 is 0 Å². The fourth-order valence-electron chi connectivity index (χ4n) is 3.42. The van der Waals surface area contributed by atoms with E-state index in [1.165, 1.54) is 89.9 Å². The van der Waals surface area contributed by atoms with Crippen molar-refractivity contribution in [1.29, 1.82) is 0 Å². The highest BCUT2D eigenvalue weighted by Gasteiger charge is 2.24. The van der Waals surface area contributed by atoms with Crippen molar-refractivity contribution in [3.05, 3.63) is 0 Å². The van der Waals surface area contributed by atoms with Crippen LogP contribution in [0.15, 0.2) is 0 Å². The van der Waals surface area contributed by atoms with Crippen LogP contribution in [0.1, 0.15) is 124 Å². The third-order valence-electron chi connectivity index (χ3n) is 4.91. The molecule has 0 saturated heterocycles. The molecule has 0 heterocycles. The Morgan fingerprint density at radius 1 is 0.520 bits per heavy atom. The predicted molar refractivity (Wildman–Crippen MR) is 110 cm³/mol. The number of hydrogen-bond donors (Lipinski definition) is 1. The van der Waals surface area contributed by atoms with E-state index >= 15 is 0 Å². The summed E-state index contributed by atoms with van der Waals surface area (Å²) in [4.78, 5) is 0. The van der Waals surface area contributed by atoms with Crippen molar-refractivity contribution in [2.45, 2.75) is 129 Å². The molecule has 0 aromatic carbocycles. The average molecular weight is 358 g/mol. The van der Waals surface area contributed by atoms with Crippen LogP contribution in [0.5, 0.6) is 0 Å². The molecule has 0 amide bonds. The quantitative estimate of drug-likeness (QED) is 0.190. The second kappa shape index (κ2) is 18.7. The number of hydrogen-bond acceptors (Lipinski definition) is 3. The summed E-state index contributed by atoms with van der Waals surface area (Å²) in [6.45, 7) is 7.43. The molecule has 0 aliphatic rings. The summed E-state index contributed by atoms with van der Waals surface area (Å²) < 4.78 is 11.1. The van der Waals surface area contributed by atoms with Crippen LogP contribution in [-0.2, 0) is 9.47 Å². The Morgan fingerprint density at radius 3 is 1.16 bits per heavy atom. The van der Waals surface area contributed by atoms with Gasteiger partial charge in [-0.1, -0.05) is 96.8 Å². The lowest BCUT2D eigenvalue weighted by Gasteiger charge is -2.28. The summed E-state index contributed by atoms with van der Waals surface area (Å²) in [5.41, 5.74) is 6.13. The summed E-state index contributed by atoms with van der Waals surface area (Å²) in [7, 11) is 0. The first-order valence-corrected chi connectivity index (χ1v) is 11.2. The van der Waals surface area contributed by atoms with E-state index in [4.69, 9.17) is 15.2 Å². The Morgan fingerprint density at radius 2 is 0.840 bits per heavy atom. The van der Waals surface area contributed by atoms with Crippen LogP contribution in [0, 0.1) is 0 Å². The topological polar surface area (TPSA) is 44.5 Å². The molecule has 0 aliphatic carbocycles. The first-order valence-electron chi connectivity index (χ1n) is 11.2. The molecule has 0 bridgehead atoms. The van der Waals surface area contributed by atoms with Crippen LogP contribution in [-0.4, -0.2) is 19.1 Å². The van der Waals surface area contributed by atoms with Gasteiger partial charge >= 0.3 is 0 Å². The highest BCUT2D eigenvalue weighted by atomic mass is 16.7. The Bertz CT molecular complexity index is 252. The van der Waals surface area contributed by atoms with Crippen molar-refractivity contribution in [3.63, 3.8) is 0 Å². The molecule has 2 N–H and O–H groups in total. The smallest absolute Gasteiger partial charge is 0.224 e. The average Bonchev–Trinajstić information content (AvgIpc) is 2.59. The van der Waals surface area contributed by atoms with E-state index in [0.29, 0.717) is 13.2 Å². The van der Waals surface area contributed by atoms with Gasteiger partial charge in [-0.25, -0.2) is 0 Å². The van der Waals surface area contributed by atoms with Gasteiger partial charge in [0.1, 0.15) is 0 Å². The molecule has 0 fully saturated rings. The Hall–Kier alpha value is -0.120. The maximum atomic E-state index is 6.13. The first kappa shape index (κ1) is 24.9. The minimum Gasteiger partial charge on any atom is -0.338 e. The molecule has 0 aromatic rings. The van der Waals surface area contributed by atoms with Gasteiger partial charge in [0.15, 0.2) is 0 Å². The van der Waals surface area contributed by atoms with E-state index in [9.17, 15) is 0 Å². The molecule has 0 aliphatic heterocycles. The number of unbranched alkanes of at least 4 members (excludes halogenated alkanes) is 14. The van der Waals surface area contributed by atoms with Gasteiger partial charge < -0.3 is 9.47 Å².